The van der Waals surface area contributed by atoms with Gasteiger partial charge in [0.1, 0.15) is 0 Å². The molecule has 0 bridgehead atoms. The van der Waals surface area contributed by atoms with Crippen molar-refractivity contribution in [1.29, 1.82) is 0 Å². The molecule has 1 aromatic rings. The van der Waals surface area contributed by atoms with Gasteiger partial charge in [-0.2, -0.15) is 5.11 Å². The maximum atomic E-state index is 11.6. The third kappa shape index (κ3) is 4.47. The highest BCUT2D eigenvalue weighted by Crippen LogP contribution is 2.12. The summed E-state index contributed by atoms with van der Waals surface area (Å²) in [5.74, 6) is -1.09. The molecule has 0 saturated heterocycles. The van der Waals surface area contributed by atoms with Crippen molar-refractivity contribution in [3.63, 3.8) is 0 Å². The van der Waals surface area contributed by atoms with Crippen molar-refractivity contribution in [3.05, 3.63) is 46.6 Å². The van der Waals surface area contributed by atoms with Gasteiger partial charge in [0.15, 0.2) is 0 Å². The van der Waals surface area contributed by atoms with E-state index in [-0.39, 0.29) is 5.70 Å². The Morgan fingerprint density at radius 2 is 2.06 bits per heavy atom. The molecule has 0 saturated carbocycles. The monoisotopic (exact) mass is 266 g/mol. The van der Waals surface area contributed by atoms with E-state index in [0.29, 0.717) is 10.6 Å². The van der Waals surface area contributed by atoms with Crippen molar-refractivity contribution < 1.29 is 14.3 Å². The molecule has 0 radical (unpaired) electrons. The van der Waals surface area contributed by atoms with Gasteiger partial charge in [0.2, 0.25) is 0 Å². The fourth-order valence-corrected chi connectivity index (χ4v) is 1.25. The summed E-state index contributed by atoms with van der Waals surface area (Å²) in [6.07, 6.45) is 1.13. The van der Waals surface area contributed by atoms with Crippen LogP contribution in [-0.4, -0.2) is 19.0 Å². The number of nitrogens with zero attached hydrogens (tertiary/aromatic N) is 2. The summed E-state index contributed by atoms with van der Waals surface area (Å²) in [6.45, 7) is 1.53. The standard InChI is InChI=1S/C12H11ClN2O3/c1-8(6-11(16)18-2)14-15-12(17)9-4-3-5-10(13)7-9/h3-7H,1-2H3/b8-6+,15-14?. The minimum absolute atomic E-state index is 0.275. The lowest BCUT2D eigenvalue weighted by Gasteiger charge is -1.95. The van der Waals surface area contributed by atoms with Crippen LogP contribution in [0.15, 0.2) is 46.3 Å². The third-order valence-electron chi connectivity index (χ3n) is 1.90. The van der Waals surface area contributed by atoms with Crippen LogP contribution in [0.1, 0.15) is 17.3 Å². The Balaban J connectivity index is 2.76. The lowest BCUT2D eigenvalue weighted by atomic mass is 10.2. The summed E-state index contributed by atoms with van der Waals surface area (Å²) < 4.78 is 4.41. The summed E-state index contributed by atoms with van der Waals surface area (Å²) in [5.41, 5.74) is 0.606. The smallest absolute Gasteiger partial charge is 0.332 e. The second kappa shape index (κ2) is 6.66. The number of carbonyl (C=O) groups is 2. The highest BCUT2D eigenvalue weighted by molar-refractivity contribution is 6.30. The van der Waals surface area contributed by atoms with Crippen molar-refractivity contribution in [2.24, 2.45) is 10.2 Å². The van der Waals surface area contributed by atoms with Gasteiger partial charge in [-0.1, -0.05) is 17.7 Å². The maximum absolute atomic E-state index is 11.6. The van der Waals surface area contributed by atoms with E-state index < -0.39 is 11.9 Å². The van der Waals surface area contributed by atoms with Crippen molar-refractivity contribution >= 4 is 23.5 Å². The second-order valence-corrected chi connectivity index (χ2v) is 3.76. The number of allylic oxidation sites excluding steroid dienone is 1. The minimum Gasteiger partial charge on any atom is -0.466 e. The Hall–Kier alpha value is -2.01. The van der Waals surface area contributed by atoms with Crippen LogP contribution < -0.4 is 0 Å². The summed E-state index contributed by atoms with van der Waals surface area (Å²) in [5, 5.41) is 7.53. The Bertz CT molecular complexity index is 524. The topological polar surface area (TPSA) is 68.1 Å². The summed E-state index contributed by atoms with van der Waals surface area (Å²) >= 11 is 5.74. The SMILES string of the molecule is COC(=O)/C=C(\C)N=NC(=O)c1cccc(Cl)c1. The van der Waals surface area contributed by atoms with Crippen LogP contribution in [0.25, 0.3) is 0 Å². The van der Waals surface area contributed by atoms with Crippen molar-refractivity contribution in [1.82, 2.24) is 0 Å². The molecule has 0 heterocycles. The number of hydrogen-bond donors (Lipinski definition) is 0. The van der Waals surface area contributed by atoms with E-state index in [4.69, 9.17) is 11.6 Å². The summed E-state index contributed by atoms with van der Waals surface area (Å²) in [7, 11) is 1.25. The molecule has 5 nitrogen and oxygen atoms in total. The number of rotatable bonds is 3. The number of halogens is 1. The van der Waals surface area contributed by atoms with E-state index in [1.165, 1.54) is 20.1 Å². The number of azo groups is 1. The Labute approximate surface area is 109 Å². The fraction of sp³-hybridized carbons (Fsp3) is 0.167. The molecule has 0 aliphatic rings. The number of amides is 1. The molecule has 0 spiro atoms. The fourth-order valence-electron chi connectivity index (χ4n) is 1.06. The quantitative estimate of drug-likeness (QED) is 0.480. The van der Waals surface area contributed by atoms with Crippen LogP contribution in [0.3, 0.4) is 0 Å². The van der Waals surface area contributed by atoms with Crippen LogP contribution >= 0.6 is 11.6 Å². The van der Waals surface area contributed by atoms with Gasteiger partial charge in [-0.25, -0.2) is 4.79 Å². The van der Waals surface area contributed by atoms with Gasteiger partial charge in [0, 0.05) is 16.7 Å². The van der Waals surface area contributed by atoms with Crippen LogP contribution in [0.4, 0.5) is 0 Å². The Morgan fingerprint density at radius 3 is 2.67 bits per heavy atom. The molecule has 0 atom stereocenters. The molecule has 0 aliphatic carbocycles. The average Bonchev–Trinajstić information content (AvgIpc) is 2.35. The molecule has 1 rings (SSSR count). The predicted molar refractivity (Wildman–Crippen MR) is 66.4 cm³/mol. The first kappa shape index (κ1) is 14.1. The lowest BCUT2D eigenvalue weighted by Crippen LogP contribution is -1.96. The number of ether oxygens (including phenoxy) is 1. The summed E-state index contributed by atoms with van der Waals surface area (Å²) in [6, 6.07) is 6.36. The van der Waals surface area contributed by atoms with Crippen molar-refractivity contribution in [3.8, 4) is 0 Å². The van der Waals surface area contributed by atoms with Crippen LogP contribution in [0, 0.1) is 0 Å². The van der Waals surface area contributed by atoms with Gasteiger partial charge in [0.05, 0.1) is 12.8 Å². The minimum atomic E-state index is -0.554. The first-order valence-corrected chi connectivity index (χ1v) is 5.38. The molecule has 0 aromatic heterocycles. The van der Waals surface area contributed by atoms with Crippen molar-refractivity contribution in [2.75, 3.05) is 7.11 Å². The number of carbonyl (C=O) groups excluding carboxylic acids is 2. The molecular weight excluding hydrogens is 256 g/mol. The second-order valence-electron chi connectivity index (χ2n) is 3.32. The highest BCUT2D eigenvalue weighted by Gasteiger charge is 2.04. The van der Waals surface area contributed by atoms with E-state index in [2.05, 4.69) is 15.0 Å². The lowest BCUT2D eigenvalue weighted by molar-refractivity contribution is -0.134. The number of hydrogen-bond acceptors (Lipinski definition) is 4. The molecule has 18 heavy (non-hydrogen) atoms. The zero-order chi connectivity index (χ0) is 13.5. The van der Waals surface area contributed by atoms with E-state index in [9.17, 15) is 9.59 Å². The number of benzene rings is 1. The van der Waals surface area contributed by atoms with E-state index in [0.717, 1.165) is 6.08 Å². The number of esters is 1. The molecule has 0 unspecified atom stereocenters. The molecule has 0 aliphatic heterocycles. The van der Waals surface area contributed by atoms with Gasteiger partial charge >= 0.3 is 5.97 Å². The first-order valence-electron chi connectivity index (χ1n) is 5.01. The van der Waals surface area contributed by atoms with Gasteiger partial charge in [-0.3, -0.25) is 4.79 Å². The van der Waals surface area contributed by atoms with E-state index in [1.807, 2.05) is 0 Å². The molecule has 1 amide bonds. The average molecular weight is 267 g/mol. The molecule has 1 aromatic carbocycles. The predicted octanol–water partition coefficient (Wildman–Crippen LogP) is 3.01. The molecule has 0 N–H and O–H groups in total. The van der Waals surface area contributed by atoms with Gasteiger partial charge < -0.3 is 4.74 Å². The number of methoxy groups -OCH3 is 1. The summed E-state index contributed by atoms with van der Waals surface area (Å²) in [4.78, 5) is 22.5. The Kier molecular flexibility index (Phi) is 5.20. The van der Waals surface area contributed by atoms with Gasteiger partial charge in [-0.05, 0) is 25.1 Å². The normalized spacial score (nSPS) is 11.6. The Morgan fingerprint density at radius 1 is 1.33 bits per heavy atom. The van der Waals surface area contributed by atoms with E-state index in [1.54, 1.807) is 18.2 Å². The zero-order valence-corrected chi connectivity index (χ0v) is 10.6. The van der Waals surface area contributed by atoms with Gasteiger partial charge in [-0.15, -0.1) is 5.11 Å². The van der Waals surface area contributed by atoms with Crippen LogP contribution in [0.2, 0.25) is 5.02 Å². The van der Waals surface area contributed by atoms with E-state index >= 15 is 0 Å². The zero-order valence-electron chi connectivity index (χ0n) is 9.88. The maximum Gasteiger partial charge on any atom is 0.332 e. The third-order valence-corrected chi connectivity index (χ3v) is 2.13. The first-order chi connectivity index (χ1) is 8.52. The molecule has 0 fully saturated rings. The van der Waals surface area contributed by atoms with Crippen molar-refractivity contribution in [2.45, 2.75) is 6.92 Å². The molecule has 6 heteroatoms. The largest absolute Gasteiger partial charge is 0.466 e. The molecular formula is C12H11ClN2O3. The highest BCUT2D eigenvalue weighted by atomic mass is 35.5. The van der Waals surface area contributed by atoms with Gasteiger partial charge in [0.25, 0.3) is 5.91 Å². The van der Waals surface area contributed by atoms with Crippen LogP contribution in [-0.2, 0) is 9.53 Å². The molecule has 94 valence electrons. The van der Waals surface area contributed by atoms with Crippen LogP contribution in [0.5, 0.6) is 0 Å².